The Morgan fingerprint density at radius 3 is 2.77 bits per heavy atom. The van der Waals surface area contributed by atoms with Gasteiger partial charge in [-0.15, -0.1) is 5.10 Å². The topological polar surface area (TPSA) is 76.4 Å². The molecular formula is C18H26N6O2. The molecule has 1 unspecified atom stereocenters. The molecule has 1 saturated heterocycles. The van der Waals surface area contributed by atoms with Crippen LogP contribution in [0, 0.1) is 0 Å². The van der Waals surface area contributed by atoms with Crippen molar-refractivity contribution in [3.63, 3.8) is 0 Å². The number of nitrogens with zero attached hydrogens (tertiary/aromatic N) is 6. The molecule has 1 aromatic heterocycles. The van der Waals surface area contributed by atoms with Gasteiger partial charge in [0.1, 0.15) is 5.54 Å². The van der Waals surface area contributed by atoms with Gasteiger partial charge in [0.25, 0.3) is 5.91 Å². The first-order valence-electron chi connectivity index (χ1n) is 8.86. The predicted octanol–water partition coefficient (Wildman–Crippen LogP) is 1.01. The second-order valence-electron chi connectivity index (χ2n) is 6.84. The maximum atomic E-state index is 13.0. The number of hydrogen-bond acceptors (Lipinski definition) is 6. The minimum absolute atomic E-state index is 0.0486. The van der Waals surface area contributed by atoms with Crippen LogP contribution in [0.15, 0.2) is 30.3 Å². The number of hydrogen-bond donors (Lipinski definition) is 0. The molecule has 0 aliphatic carbocycles. The van der Waals surface area contributed by atoms with E-state index in [1.54, 1.807) is 11.8 Å². The maximum Gasteiger partial charge on any atom is 0.253 e. The smallest absolute Gasteiger partial charge is 0.253 e. The number of benzene rings is 1. The summed E-state index contributed by atoms with van der Waals surface area (Å²) >= 11 is 0. The maximum absolute atomic E-state index is 13.0. The molecule has 0 saturated carbocycles. The summed E-state index contributed by atoms with van der Waals surface area (Å²) in [5.41, 5.74) is 0.293. The van der Waals surface area contributed by atoms with Crippen molar-refractivity contribution >= 4 is 5.91 Å². The van der Waals surface area contributed by atoms with Crippen LogP contribution in [-0.4, -0.2) is 76.8 Å². The summed E-state index contributed by atoms with van der Waals surface area (Å²) in [6.45, 7) is 2.42. The number of carbonyl (C=O) groups is 1. The number of tetrazole rings is 1. The Morgan fingerprint density at radius 2 is 2.08 bits per heavy atom. The highest BCUT2D eigenvalue weighted by Gasteiger charge is 2.44. The number of aromatic nitrogens is 4. The van der Waals surface area contributed by atoms with Crippen molar-refractivity contribution in [2.45, 2.75) is 24.9 Å². The van der Waals surface area contributed by atoms with E-state index >= 15 is 0 Å². The van der Waals surface area contributed by atoms with Gasteiger partial charge in [0.15, 0.2) is 5.82 Å². The Labute approximate surface area is 153 Å². The van der Waals surface area contributed by atoms with E-state index < -0.39 is 5.54 Å². The summed E-state index contributed by atoms with van der Waals surface area (Å²) in [5, 5.41) is 12.3. The van der Waals surface area contributed by atoms with Gasteiger partial charge in [0.2, 0.25) is 0 Å². The number of carbonyl (C=O) groups excluding carboxylic acids is 1. The van der Waals surface area contributed by atoms with Gasteiger partial charge < -0.3 is 9.64 Å². The van der Waals surface area contributed by atoms with Crippen LogP contribution in [0.3, 0.4) is 0 Å². The van der Waals surface area contributed by atoms with Gasteiger partial charge in [0, 0.05) is 25.8 Å². The van der Waals surface area contributed by atoms with Crippen molar-refractivity contribution in [3.05, 3.63) is 41.7 Å². The Bertz CT molecular complexity index is 732. The van der Waals surface area contributed by atoms with Crippen molar-refractivity contribution in [1.82, 2.24) is 30.0 Å². The zero-order valence-corrected chi connectivity index (χ0v) is 15.6. The minimum Gasteiger partial charge on any atom is -0.383 e. The zero-order chi connectivity index (χ0) is 18.6. The Kier molecular flexibility index (Phi) is 5.63. The lowest BCUT2D eigenvalue weighted by Gasteiger charge is -2.45. The van der Waals surface area contributed by atoms with Crippen LogP contribution in [0.2, 0.25) is 0 Å². The molecule has 1 fully saturated rings. The van der Waals surface area contributed by atoms with Gasteiger partial charge in [-0.3, -0.25) is 9.69 Å². The average molecular weight is 358 g/mol. The third kappa shape index (κ3) is 3.47. The van der Waals surface area contributed by atoms with Crippen LogP contribution in [0.1, 0.15) is 29.0 Å². The number of rotatable bonds is 6. The summed E-state index contributed by atoms with van der Waals surface area (Å²) in [4.78, 5) is 17.0. The molecule has 140 valence electrons. The van der Waals surface area contributed by atoms with Crippen molar-refractivity contribution < 1.29 is 9.53 Å². The van der Waals surface area contributed by atoms with Crippen molar-refractivity contribution in [2.24, 2.45) is 0 Å². The summed E-state index contributed by atoms with van der Waals surface area (Å²) in [6, 6.07) is 9.41. The van der Waals surface area contributed by atoms with Crippen LogP contribution in [-0.2, 0) is 16.8 Å². The third-order valence-corrected chi connectivity index (χ3v) is 5.09. The molecule has 2 aromatic rings. The molecule has 2 heterocycles. The summed E-state index contributed by atoms with van der Waals surface area (Å²) in [5.74, 6) is 0.831. The fourth-order valence-electron chi connectivity index (χ4n) is 3.59. The van der Waals surface area contributed by atoms with Crippen LogP contribution in [0.4, 0.5) is 0 Å². The first kappa shape index (κ1) is 18.5. The van der Waals surface area contributed by atoms with E-state index in [0.717, 1.165) is 25.2 Å². The number of piperidine rings is 1. The number of amides is 1. The standard InChI is InChI=1S/C18H26N6O2/c1-22(2)18(17-19-20-21-24(17)12-13-26-3)10-7-11-23(14-18)16(25)15-8-5-4-6-9-15/h4-6,8-9H,7,10-14H2,1-3H3. The molecule has 1 amide bonds. The van der Waals surface area contributed by atoms with E-state index in [1.807, 2.05) is 49.3 Å². The quantitative estimate of drug-likeness (QED) is 0.767. The van der Waals surface area contributed by atoms with Crippen molar-refractivity contribution in [2.75, 3.05) is 40.9 Å². The van der Waals surface area contributed by atoms with E-state index in [9.17, 15) is 4.79 Å². The third-order valence-electron chi connectivity index (χ3n) is 5.09. The Morgan fingerprint density at radius 1 is 1.31 bits per heavy atom. The summed E-state index contributed by atoms with van der Waals surface area (Å²) in [6.07, 6.45) is 1.79. The molecule has 0 radical (unpaired) electrons. The lowest BCUT2D eigenvalue weighted by molar-refractivity contribution is 0.0251. The molecule has 0 bridgehead atoms. The number of ether oxygens (including phenoxy) is 1. The molecule has 3 rings (SSSR count). The first-order chi connectivity index (χ1) is 12.6. The average Bonchev–Trinajstić information content (AvgIpc) is 3.15. The molecule has 26 heavy (non-hydrogen) atoms. The Balaban J connectivity index is 1.90. The van der Waals surface area contributed by atoms with Gasteiger partial charge in [-0.2, -0.15) is 0 Å². The molecule has 1 aliphatic heterocycles. The monoisotopic (exact) mass is 358 g/mol. The second-order valence-corrected chi connectivity index (χ2v) is 6.84. The van der Waals surface area contributed by atoms with Crippen LogP contribution < -0.4 is 0 Å². The van der Waals surface area contributed by atoms with Crippen LogP contribution in [0.5, 0.6) is 0 Å². The fraction of sp³-hybridized carbons (Fsp3) is 0.556. The Hall–Kier alpha value is -2.32. The first-order valence-corrected chi connectivity index (χ1v) is 8.86. The molecule has 0 spiro atoms. The van der Waals surface area contributed by atoms with E-state index in [4.69, 9.17) is 4.74 Å². The summed E-state index contributed by atoms with van der Waals surface area (Å²) < 4.78 is 6.97. The molecule has 1 atom stereocenters. The molecule has 1 aromatic carbocycles. The molecule has 1 aliphatic rings. The van der Waals surface area contributed by atoms with E-state index in [-0.39, 0.29) is 5.91 Å². The van der Waals surface area contributed by atoms with E-state index in [2.05, 4.69) is 20.4 Å². The van der Waals surface area contributed by atoms with Gasteiger partial charge in [-0.1, -0.05) is 18.2 Å². The number of likely N-dealkylation sites (N-methyl/N-ethyl adjacent to an activating group) is 1. The highest BCUT2D eigenvalue weighted by molar-refractivity contribution is 5.94. The van der Waals surface area contributed by atoms with Crippen molar-refractivity contribution in [3.8, 4) is 0 Å². The lowest BCUT2D eigenvalue weighted by Crippen LogP contribution is -2.56. The van der Waals surface area contributed by atoms with E-state index in [1.165, 1.54) is 0 Å². The van der Waals surface area contributed by atoms with Gasteiger partial charge in [-0.25, -0.2) is 4.68 Å². The molecule has 8 nitrogen and oxygen atoms in total. The lowest BCUT2D eigenvalue weighted by atomic mass is 9.86. The predicted molar refractivity (Wildman–Crippen MR) is 96.6 cm³/mol. The zero-order valence-electron chi connectivity index (χ0n) is 15.6. The summed E-state index contributed by atoms with van der Waals surface area (Å²) in [7, 11) is 5.70. The fourth-order valence-corrected chi connectivity index (χ4v) is 3.59. The van der Waals surface area contributed by atoms with Crippen molar-refractivity contribution in [1.29, 1.82) is 0 Å². The van der Waals surface area contributed by atoms with Crippen LogP contribution in [0.25, 0.3) is 0 Å². The van der Waals surface area contributed by atoms with Gasteiger partial charge in [0.05, 0.1) is 13.2 Å². The molecule has 8 heteroatoms. The second kappa shape index (κ2) is 7.92. The normalized spacial score (nSPS) is 20.5. The van der Waals surface area contributed by atoms with Gasteiger partial charge >= 0.3 is 0 Å². The highest BCUT2D eigenvalue weighted by Crippen LogP contribution is 2.35. The highest BCUT2D eigenvalue weighted by atomic mass is 16.5. The number of likely N-dealkylation sites (tertiary alicyclic amines) is 1. The minimum atomic E-state index is -0.417. The van der Waals surface area contributed by atoms with Gasteiger partial charge in [-0.05, 0) is 49.5 Å². The van der Waals surface area contributed by atoms with E-state index in [0.29, 0.717) is 25.3 Å². The number of methoxy groups -OCH3 is 1. The molecule has 0 N–H and O–H groups in total. The van der Waals surface area contributed by atoms with Crippen LogP contribution >= 0.6 is 0 Å². The molecular weight excluding hydrogens is 332 g/mol. The SMILES string of the molecule is COCCn1nnnc1C1(N(C)C)CCCN(C(=O)c2ccccc2)C1. The largest absolute Gasteiger partial charge is 0.383 e.